The Bertz CT molecular complexity index is 553. The van der Waals surface area contributed by atoms with Crippen molar-refractivity contribution < 1.29 is 0 Å². The number of nitrogens with one attached hydrogen (secondary N) is 1. The number of nitrogens with zero attached hydrogens (tertiary/aromatic N) is 2. The molecule has 2 saturated carbocycles. The van der Waals surface area contributed by atoms with Crippen LogP contribution in [-0.2, 0) is 6.54 Å². The molecule has 0 spiro atoms. The first-order valence-electron chi connectivity index (χ1n) is 8.19. The molecule has 4 nitrogen and oxygen atoms in total. The van der Waals surface area contributed by atoms with E-state index in [9.17, 15) is 4.79 Å². The molecule has 1 N–H and O–H groups in total. The van der Waals surface area contributed by atoms with Crippen LogP contribution in [0.2, 0.25) is 0 Å². The standard InChI is InChI=1S/C16H24BrN3O/c1-2-11-4-3-5-13(8-11)19-14-9-18-20(10-12-6-7-12)16(21)15(14)17/h9,11-13,19H,2-8,10H2,1H3. The molecule has 116 valence electrons. The Morgan fingerprint density at radius 2 is 2.14 bits per heavy atom. The Kier molecular flexibility index (Phi) is 4.67. The molecule has 1 aromatic rings. The fraction of sp³-hybridized carbons (Fsp3) is 0.750. The van der Waals surface area contributed by atoms with Crippen LogP contribution in [0.4, 0.5) is 5.69 Å². The van der Waals surface area contributed by atoms with Gasteiger partial charge >= 0.3 is 0 Å². The summed E-state index contributed by atoms with van der Waals surface area (Å²) in [5, 5.41) is 7.86. The number of aromatic nitrogens is 2. The highest BCUT2D eigenvalue weighted by molar-refractivity contribution is 9.10. The topological polar surface area (TPSA) is 46.9 Å². The Hall–Kier alpha value is -0.840. The van der Waals surface area contributed by atoms with Crippen LogP contribution >= 0.6 is 15.9 Å². The summed E-state index contributed by atoms with van der Waals surface area (Å²) < 4.78 is 2.24. The first-order valence-corrected chi connectivity index (χ1v) is 8.98. The summed E-state index contributed by atoms with van der Waals surface area (Å²) in [6, 6.07) is 0.473. The van der Waals surface area contributed by atoms with Crippen LogP contribution in [-0.4, -0.2) is 15.8 Å². The van der Waals surface area contributed by atoms with Gasteiger partial charge in [-0.15, -0.1) is 0 Å². The molecular formula is C16H24BrN3O. The van der Waals surface area contributed by atoms with Gasteiger partial charge in [0.1, 0.15) is 4.47 Å². The zero-order chi connectivity index (χ0) is 14.8. The zero-order valence-electron chi connectivity index (χ0n) is 12.6. The van der Waals surface area contributed by atoms with Crippen LogP contribution in [0, 0.1) is 11.8 Å². The van der Waals surface area contributed by atoms with Gasteiger partial charge in [0.25, 0.3) is 5.56 Å². The first-order chi connectivity index (χ1) is 10.2. The smallest absolute Gasteiger partial charge is 0.283 e. The molecular weight excluding hydrogens is 330 g/mol. The Labute approximate surface area is 134 Å². The summed E-state index contributed by atoms with van der Waals surface area (Å²) in [7, 11) is 0. The van der Waals surface area contributed by atoms with E-state index in [-0.39, 0.29) is 5.56 Å². The molecule has 2 unspecified atom stereocenters. The van der Waals surface area contributed by atoms with Gasteiger partial charge in [0.2, 0.25) is 0 Å². The van der Waals surface area contributed by atoms with Crippen molar-refractivity contribution in [1.82, 2.24) is 9.78 Å². The summed E-state index contributed by atoms with van der Waals surface area (Å²) in [6.07, 6.45) is 10.5. The number of hydrogen-bond acceptors (Lipinski definition) is 3. The van der Waals surface area contributed by atoms with Crippen LogP contribution in [0.15, 0.2) is 15.5 Å². The Balaban J connectivity index is 1.70. The van der Waals surface area contributed by atoms with Crippen molar-refractivity contribution >= 4 is 21.6 Å². The Morgan fingerprint density at radius 1 is 1.33 bits per heavy atom. The first kappa shape index (κ1) is 15.1. The molecule has 0 bridgehead atoms. The predicted octanol–water partition coefficient (Wildman–Crippen LogP) is 3.80. The van der Waals surface area contributed by atoms with Gasteiger partial charge in [-0.05, 0) is 53.4 Å². The fourth-order valence-electron chi connectivity index (χ4n) is 3.25. The van der Waals surface area contributed by atoms with Gasteiger partial charge in [-0.1, -0.05) is 26.2 Å². The number of halogens is 1. The van der Waals surface area contributed by atoms with Crippen molar-refractivity contribution in [3.05, 3.63) is 21.0 Å². The quantitative estimate of drug-likeness (QED) is 0.875. The maximum atomic E-state index is 12.3. The number of anilines is 1. The van der Waals surface area contributed by atoms with E-state index in [0.717, 1.165) is 18.2 Å². The van der Waals surface area contributed by atoms with E-state index in [2.05, 4.69) is 33.3 Å². The molecule has 2 atom stereocenters. The van der Waals surface area contributed by atoms with Gasteiger partial charge in [0.15, 0.2) is 0 Å². The molecule has 1 aromatic heterocycles. The number of rotatable bonds is 5. The molecule has 2 aliphatic rings. The van der Waals surface area contributed by atoms with Crippen LogP contribution in [0.3, 0.4) is 0 Å². The lowest BCUT2D eigenvalue weighted by Crippen LogP contribution is -2.30. The van der Waals surface area contributed by atoms with E-state index in [4.69, 9.17) is 0 Å². The molecule has 0 aromatic carbocycles. The van der Waals surface area contributed by atoms with E-state index in [1.54, 1.807) is 4.68 Å². The van der Waals surface area contributed by atoms with Gasteiger partial charge in [0, 0.05) is 12.6 Å². The molecule has 0 radical (unpaired) electrons. The molecule has 21 heavy (non-hydrogen) atoms. The van der Waals surface area contributed by atoms with Crippen LogP contribution < -0.4 is 10.9 Å². The van der Waals surface area contributed by atoms with Gasteiger partial charge in [-0.3, -0.25) is 4.79 Å². The normalized spacial score (nSPS) is 25.8. The Morgan fingerprint density at radius 3 is 2.86 bits per heavy atom. The predicted molar refractivity (Wildman–Crippen MR) is 88.6 cm³/mol. The lowest BCUT2D eigenvalue weighted by Gasteiger charge is -2.30. The SMILES string of the molecule is CCC1CCCC(Nc2cnn(CC3CC3)c(=O)c2Br)C1. The largest absolute Gasteiger partial charge is 0.380 e. The van der Waals surface area contributed by atoms with Crippen molar-refractivity contribution in [2.45, 2.75) is 64.5 Å². The second-order valence-electron chi connectivity index (χ2n) is 6.59. The highest BCUT2D eigenvalue weighted by Crippen LogP contribution is 2.31. The fourth-order valence-corrected chi connectivity index (χ4v) is 3.68. The van der Waals surface area contributed by atoms with Crippen LogP contribution in [0.5, 0.6) is 0 Å². The molecule has 0 amide bonds. The van der Waals surface area contributed by atoms with Crippen molar-refractivity contribution in [1.29, 1.82) is 0 Å². The summed E-state index contributed by atoms with van der Waals surface area (Å²) in [4.78, 5) is 12.3. The molecule has 5 heteroatoms. The van der Waals surface area contributed by atoms with Crippen molar-refractivity contribution in [2.75, 3.05) is 5.32 Å². The van der Waals surface area contributed by atoms with Crippen molar-refractivity contribution in [3.8, 4) is 0 Å². The summed E-state index contributed by atoms with van der Waals surface area (Å²) in [6.45, 7) is 3.03. The molecule has 3 rings (SSSR count). The minimum atomic E-state index is -0.00486. The summed E-state index contributed by atoms with van der Waals surface area (Å²) in [5.41, 5.74) is 0.851. The van der Waals surface area contributed by atoms with Crippen molar-refractivity contribution in [3.63, 3.8) is 0 Å². The maximum Gasteiger partial charge on any atom is 0.283 e. The summed E-state index contributed by atoms with van der Waals surface area (Å²) >= 11 is 3.46. The van der Waals surface area contributed by atoms with E-state index in [0.29, 0.717) is 16.4 Å². The molecule has 1 heterocycles. The van der Waals surface area contributed by atoms with E-state index in [1.165, 1.54) is 44.9 Å². The number of hydrogen-bond donors (Lipinski definition) is 1. The monoisotopic (exact) mass is 353 g/mol. The third-order valence-electron chi connectivity index (χ3n) is 4.83. The summed E-state index contributed by atoms with van der Waals surface area (Å²) in [5.74, 6) is 1.47. The highest BCUT2D eigenvalue weighted by atomic mass is 79.9. The second kappa shape index (κ2) is 6.51. The highest BCUT2D eigenvalue weighted by Gasteiger charge is 2.24. The average molecular weight is 354 g/mol. The third-order valence-corrected chi connectivity index (χ3v) is 5.60. The van der Waals surface area contributed by atoms with Gasteiger partial charge in [0.05, 0.1) is 11.9 Å². The maximum absolute atomic E-state index is 12.3. The van der Waals surface area contributed by atoms with E-state index < -0.39 is 0 Å². The molecule has 0 aliphatic heterocycles. The van der Waals surface area contributed by atoms with Gasteiger partial charge < -0.3 is 5.32 Å². The van der Waals surface area contributed by atoms with E-state index >= 15 is 0 Å². The van der Waals surface area contributed by atoms with Gasteiger partial charge in [-0.2, -0.15) is 5.10 Å². The van der Waals surface area contributed by atoms with Crippen LogP contribution in [0.1, 0.15) is 51.9 Å². The van der Waals surface area contributed by atoms with Gasteiger partial charge in [-0.25, -0.2) is 4.68 Å². The lowest BCUT2D eigenvalue weighted by molar-refractivity contribution is 0.327. The minimum absolute atomic E-state index is 0.00486. The van der Waals surface area contributed by atoms with E-state index in [1.807, 2.05) is 6.20 Å². The average Bonchev–Trinajstić information content (AvgIpc) is 3.31. The molecule has 2 fully saturated rings. The third kappa shape index (κ3) is 3.68. The second-order valence-corrected chi connectivity index (χ2v) is 7.38. The minimum Gasteiger partial charge on any atom is -0.380 e. The van der Waals surface area contributed by atoms with Crippen LogP contribution in [0.25, 0.3) is 0 Å². The van der Waals surface area contributed by atoms with Crippen molar-refractivity contribution in [2.24, 2.45) is 11.8 Å². The molecule has 0 saturated heterocycles. The zero-order valence-corrected chi connectivity index (χ0v) is 14.2. The lowest BCUT2D eigenvalue weighted by atomic mass is 9.84. The molecule has 2 aliphatic carbocycles.